The van der Waals surface area contributed by atoms with Gasteiger partial charge in [-0.25, -0.2) is 4.98 Å². The van der Waals surface area contributed by atoms with Crippen molar-refractivity contribution in [3.05, 3.63) is 58.6 Å². The fraction of sp³-hybridized carbons (Fsp3) is 0.158. The normalized spacial score (nSPS) is 11.9. The Hall–Kier alpha value is -3.02. The number of hydrogen-bond donors (Lipinski definition) is 2. The number of benzene rings is 2. The molecule has 0 aliphatic rings. The Morgan fingerprint density at radius 1 is 0.935 bits per heavy atom. The molecule has 1 heterocycles. The molecule has 31 heavy (non-hydrogen) atoms. The van der Waals surface area contributed by atoms with Crippen LogP contribution in [0.25, 0.3) is 11.3 Å². The zero-order chi connectivity index (χ0) is 22.8. The molecular weight excluding hydrogens is 494 g/mol. The summed E-state index contributed by atoms with van der Waals surface area (Å²) in [5, 5.41) is 5.60. The first-order valence-electron chi connectivity index (χ1n) is 8.51. The number of ether oxygens (including phenoxy) is 1. The quantitative estimate of drug-likeness (QED) is 0.381. The van der Waals surface area contributed by atoms with Crippen LogP contribution in [-0.4, -0.2) is 23.4 Å². The average Bonchev–Trinajstić information content (AvgIpc) is 2.67. The van der Waals surface area contributed by atoms with E-state index in [0.29, 0.717) is 11.3 Å². The van der Waals surface area contributed by atoms with E-state index in [0.717, 1.165) is 24.3 Å². The minimum absolute atomic E-state index is 0.144. The number of nitrogens with one attached hydrogen (secondary N) is 2. The van der Waals surface area contributed by atoms with E-state index in [1.54, 1.807) is 7.05 Å². The first-order chi connectivity index (χ1) is 14.4. The minimum atomic E-state index is -4.85. The molecule has 3 rings (SSSR count). The van der Waals surface area contributed by atoms with Gasteiger partial charge in [0.15, 0.2) is 0 Å². The molecule has 0 bridgehead atoms. The van der Waals surface area contributed by atoms with Gasteiger partial charge in [0, 0.05) is 23.2 Å². The van der Waals surface area contributed by atoms with Gasteiger partial charge in [0.1, 0.15) is 11.6 Å². The lowest BCUT2D eigenvalue weighted by molar-refractivity contribution is -0.274. The summed E-state index contributed by atoms with van der Waals surface area (Å²) < 4.78 is 80.1. The van der Waals surface area contributed by atoms with E-state index >= 15 is 0 Å². The Labute approximate surface area is 180 Å². The molecule has 0 spiro atoms. The first kappa shape index (κ1) is 22.7. The molecule has 164 valence electrons. The fourth-order valence-corrected chi connectivity index (χ4v) is 3.03. The van der Waals surface area contributed by atoms with E-state index in [-0.39, 0.29) is 21.9 Å². The van der Waals surface area contributed by atoms with Crippen LogP contribution in [-0.2, 0) is 6.18 Å². The first-order valence-corrected chi connectivity index (χ1v) is 9.31. The van der Waals surface area contributed by atoms with Crippen molar-refractivity contribution in [2.45, 2.75) is 12.5 Å². The number of aromatic nitrogens is 2. The summed E-state index contributed by atoms with van der Waals surface area (Å²) in [6.45, 7) is 0. The number of alkyl halides is 6. The minimum Gasteiger partial charge on any atom is -0.406 e. The van der Waals surface area contributed by atoms with Crippen LogP contribution in [0.5, 0.6) is 5.75 Å². The molecule has 0 radical (unpaired) electrons. The predicted molar refractivity (Wildman–Crippen MR) is 106 cm³/mol. The summed E-state index contributed by atoms with van der Waals surface area (Å²) in [5.74, 6) is -0.0725. The van der Waals surface area contributed by atoms with Crippen LogP contribution in [0.3, 0.4) is 0 Å². The summed E-state index contributed by atoms with van der Waals surface area (Å²) in [5.41, 5.74) is 0.0484. The summed E-state index contributed by atoms with van der Waals surface area (Å²) in [4.78, 5) is 8.39. The van der Waals surface area contributed by atoms with Gasteiger partial charge in [-0.2, -0.15) is 18.2 Å². The highest BCUT2D eigenvalue weighted by molar-refractivity contribution is 9.10. The lowest BCUT2D eigenvalue weighted by atomic mass is 10.1. The third-order valence-electron chi connectivity index (χ3n) is 3.87. The van der Waals surface area contributed by atoms with Crippen LogP contribution < -0.4 is 15.4 Å². The van der Waals surface area contributed by atoms with E-state index in [1.807, 2.05) is 0 Å². The topological polar surface area (TPSA) is 59.1 Å². The van der Waals surface area contributed by atoms with Crippen molar-refractivity contribution in [2.75, 3.05) is 17.7 Å². The zero-order valence-corrected chi connectivity index (χ0v) is 17.2. The van der Waals surface area contributed by atoms with Gasteiger partial charge in [-0.05, 0) is 46.3 Å². The number of rotatable bonds is 5. The van der Waals surface area contributed by atoms with Gasteiger partial charge in [-0.3, -0.25) is 0 Å². The highest BCUT2D eigenvalue weighted by Gasteiger charge is 2.31. The molecule has 0 amide bonds. The van der Waals surface area contributed by atoms with Gasteiger partial charge in [0.25, 0.3) is 0 Å². The standard InChI is InChI=1S/C19H13BrF6N4O/c1-27-17-29-15(10-3-2-4-12(7-10)31-19(24,25)26)9-16(30-17)28-14-6-5-11(8-13(14)20)18(21,22)23/h2-9H,1H3,(H2,27,28,29,30). The molecule has 1 aromatic heterocycles. The molecule has 2 N–H and O–H groups in total. The number of nitrogens with zero attached hydrogens (tertiary/aromatic N) is 2. The maximum absolute atomic E-state index is 12.9. The molecule has 12 heteroatoms. The summed E-state index contributed by atoms with van der Waals surface area (Å²) >= 11 is 3.09. The van der Waals surface area contributed by atoms with Crippen LogP contribution in [0.1, 0.15) is 5.56 Å². The molecule has 0 aliphatic carbocycles. The maximum atomic E-state index is 12.9. The fourth-order valence-electron chi connectivity index (χ4n) is 2.55. The van der Waals surface area contributed by atoms with Crippen molar-refractivity contribution in [3.63, 3.8) is 0 Å². The Kier molecular flexibility index (Phi) is 6.30. The van der Waals surface area contributed by atoms with Crippen LogP contribution in [0, 0.1) is 0 Å². The highest BCUT2D eigenvalue weighted by Crippen LogP contribution is 2.35. The van der Waals surface area contributed by atoms with Crippen LogP contribution in [0.4, 0.5) is 43.8 Å². The molecule has 3 aromatic rings. The van der Waals surface area contributed by atoms with Gasteiger partial charge in [-0.15, -0.1) is 13.2 Å². The van der Waals surface area contributed by atoms with Crippen molar-refractivity contribution >= 4 is 33.4 Å². The largest absolute Gasteiger partial charge is 0.573 e. The summed E-state index contributed by atoms with van der Waals surface area (Å²) in [7, 11) is 1.54. The summed E-state index contributed by atoms with van der Waals surface area (Å²) in [6, 6.07) is 9.71. The Bertz CT molecular complexity index is 1090. The van der Waals surface area contributed by atoms with Crippen molar-refractivity contribution in [1.29, 1.82) is 0 Å². The van der Waals surface area contributed by atoms with E-state index in [4.69, 9.17) is 0 Å². The third-order valence-corrected chi connectivity index (χ3v) is 4.53. The van der Waals surface area contributed by atoms with Gasteiger partial charge in [0.2, 0.25) is 5.95 Å². The number of anilines is 3. The average molecular weight is 507 g/mol. The number of halogens is 7. The van der Waals surface area contributed by atoms with Crippen molar-refractivity contribution in [3.8, 4) is 17.0 Å². The van der Waals surface area contributed by atoms with E-state index in [1.165, 1.54) is 24.3 Å². The lowest BCUT2D eigenvalue weighted by Gasteiger charge is -2.14. The van der Waals surface area contributed by atoms with Crippen LogP contribution >= 0.6 is 15.9 Å². The Morgan fingerprint density at radius 2 is 1.68 bits per heavy atom. The highest BCUT2D eigenvalue weighted by atomic mass is 79.9. The molecule has 0 saturated carbocycles. The maximum Gasteiger partial charge on any atom is 0.573 e. The van der Waals surface area contributed by atoms with Crippen molar-refractivity contribution in [1.82, 2.24) is 9.97 Å². The molecule has 2 aromatic carbocycles. The molecule has 0 aliphatic heterocycles. The third kappa shape index (κ3) is 6.00. The summed E-state index contributed by atoms with van der Waals surface area (Å²) in [6.07, 6.45) is -9.34. The van der Waals surface area contributed by atoms with Crippen LogP contribution in [0.2, 0.25) is 0 Å². The van der Waals surface area contributed by atoms with Crippen molar-refractivity contribution in [2.24, 2.45) is 0 Å². The van der Waals surface area contributed by atoms with Gasteiger partial charge >= 0.3 is 12.5 Å². The molecule has 0 unspecified atom stereocenters. The lowest BCUT2D eigenvalue weighted by Crippen LogP contribution is -2.17. The second kappa shape index (κ2) is 8.61. The van der Waals surface area contributed by atoms with E-state index < -0.39 is 23.9 Å². The van der Waals surface area contributed by atoms with E-state index in [9.17, 15) is 26.3 Å². The monoisotopic (exact) mass is 506 g/mol. The molecular formula is C19H13BrF6N4O. The SMILES string of the molecule is CNc1nc(Nc2ccc(C(F)(F)F)cc2Br)cc(-c2cccc(OC(F)(F)F)c2)n1. The van der Waals surface area contributed by atoms with Gasteiger partial charge in [0.05, 0.1) is 16.9 Å². The molecule has 5 nitrogen and oxygen atoms in total. The zero-order valence-electron chi connectivity index (χ0n) is 15.6. The smallest absolute Gasteiger partial charge is 0.406 e. The van der Waals surface area contributed by atoms with Crippen LogP contribution in [0.15, 0.2) is 53.0 Å². The molecule has 0 fully saturated rings. The van der Waals surface area contributed by atoms with Gasteiger partial charge < -0.3 is 15.4 Å². The Balaban J connectivity index is 1.94. The predicted octanol–water partition coefficient (Wildman–Crippen LogP) is 6.61. The van der Waals surface area contributed by atoms with E-state index in [2.05, 4.69) is 41.3 Å². The number of hydrogen-bond acceptors (Lipinski definition) is 5. The van der Waals surface area contributed by atoms with Crippen molar-refractivity contribution < 1.29 is 31.1 Å². The second-order valence-corrected chi connectivity index (χ2v) is 6.96. The Morgan fingerprint density at radius 3 is 2.29 bits per heavy atom. The van der Waals surface area contributed by atoms with Gasteiger partial charge in [-0.1, -0.05) is 12.1 Å². The second-order valence-electron chi connectivity index (χ2n) is 6.11. The molecule has 0 atom stereocenters. The molecule has 0 saturated heterocycles.